The normalized spacial score (nSPS) is 9.43. The first-order chi connectivity index (χ1) is 3.27. The summed E-state index contributed by atoms with van der Waals surface area (Å²) < 4.78 is 0.672. The number of rotatable bonds is 2. The third-order valence-corrected chi connectivity index (χ3v) is 0.492. The highest BCUT2D eigenvalue weighted by molar-refractivity contribution is 9.11. The van der Waals surface area contributed by atoms with Crippen LogP contribution in [-0.2, 0) is 0 Å². The molecule has 0 rings (SSSR count). The van der Waals surface area contributed by atoms with Crippen molar-refractivity contribution in [2.75, 3.05) is 0 Å². The van der Waals surface area contributed by atoms with Crippen molar-refractivity contribution >= 4 is 22.1 Å². The van der Waals surface area contributed by atoms with E-state index in [-0.39, 0.29) is 0 Å². The Balaban J connectivity index is 3.14. The van der Waals surface area contributed by atoms with Crippen molar-refractivity contribution in [2.24, 2.45) is 5.10 Å². The Morgan fingerprint density at radius 3 is 2.71 bits per heavy atom. The summed E-state index contributed by atoms with van der Waals surface area (Å²) in [6.45, 7) is 5.31. The molecular formula is C4H7BrN2. The molecule has 2 nitrogen and oxygen atoms in total. The third kappa shape index (κ3) is 5.69. The molecular weight excluding hydrogens is 156 g/mol. The SMILES string of the molecule is C=C(Br)N/N=C\C. The maximum absolute atomic E-state index is 3.65. The van der Waals surface area contributed by atoms with Gasteiger partial charge in [-0.15, -0.1) is 0 Å². The van der Waals surface area contributed by atoms with E-state index in [1.165, 1.54) is 0 Å². The summed E-state index contributed by atoms with van der Waals surface area (Å²) >= 11 is 3.06. The highest BCUT2D eigenvalue weighted by Crippen LogP contribution is 1.91. The van der Waals surface area contributed by atoms with Crippen molar-refractivity contribution in [3.05, 3.63) is 11.2 Å². The molecule has 40 valence electrons. The van der Waals surface area contributed by atoms with E-state index in [1.807, 2.05) is 6.92 Å². The van der Waals surface area contributed by atoms with Gasteiger partial charge in [-0.05, 0) is 22.9 Å². The summed E-state index contributed by atoms with van der Waals surface area (Å²) in [6, 6.07) is 0. The Morgan fingerprint density at radius 1 is 2.00 bits per heavy atom. The second-order valence-electron chi connectivity index (χ2n) is 0.904. The van der Waals surface area contributed by atoms with Gasteiger partial charge in [0.05, 0.1) is 4.61 Å². The molecule has 0 heterocycles. The molecule has 7 heavy (non-hydrogen) atoms. The average Bonchev–Trinajstić information content (AvgIpc) is 1.61. The molecule has 3 heteroatoms. The lowest BCUT2D eigenvalue weighted by atomic mass is 10.9. The number of nitrogens with zero attached hydrogens (tertiary/aromatic N) is 1. The van der Waals surface area contributed by atoms with Crippen LogP contribution in [0.25, 0.3) is 0 Å². The van der Waals surface area contributed by atoms with E-state index in [1.54, 1.807) is 6.21 Å². The van der Waals surface area contributed by atoms with E-state index in [0.29, 0.717) is 4.61 Å². The van der Waals surface area contributed by atoms with Crippen LogP contribution in [0.15, 0.2) is 16.3 Å². The molecule has 0 aliphatic heterocycles. The Bertz CT molecular complexity index is 87.7. The van der Waals surface area contributed by atoms with Gasteiger partial charge in [-0.3, -0.25) is 5.43 Å². The van der Waals surface area contributed by atoms with E-state index in [0.717, 1.165) is 0 Å². The van der Waals surface area contributed by atoms with Gasteiger partial charge in [0.15, 0.2) is 0 Å². The van der Waals surface area contributed by atoms with Crippen LogP contribution in [0.3, 0.4) is 0 Å². The summed E-state index contributed by atoms with van der Waals surface area (Å²) in [6.07, 6.45) is 1.65. The molecule has 0 aromatic carbocycles. The molecule has 0 aromatic rings. The average molecular weight is 163 g/mol. The number of hydrogen-bond donors (Lipinski definition) is 1. The van der Waals surface area contributed by atoms with Crippen LogP contribution < -0.4 is 5.43 Å². The summed E-state index contributed by atoms with van der Waals surface area (Å²) in [5.74, 6) is 0. The molecule has 0 aromatic heterocycles. The molecule has 0 atom stereocenters. The van der Waals surface area contributed by atoms with E-state index in [4.69, 9.17) is 0 Å². The van der Waals surface area contributed by atoms with Crippen molar-refractivity contribution in [1.82, 2.24) is 5.43 Å². The van der Waals surface area contributed by atoms with Gasteiger partial charge in [-0.25, -0.2) is 0 Å². The fourth-order valence-electron chi connectivity index (χ4n) is 0.135. The van der Waals surface area contributed by atoms with Crippen LogP contribution in [-0.4, -0.2) is 6.21 Å². The molecule has 0 bridgehead atoms. The number of halogens is 1. The van der Waals surface area contributed by atoms with Crippen molar-refractivity contribution in [3.8, 4) is 0 Å². The summed E-state index contributed by atoms with van der Waals surface area (Å²) in [5.41, 5.74) is 2.59. The molecule has 0 fully saturated rings. The minimum atomic E-state index is 0.672. The monoisotopic (exact) mass is 162 g/mol. The standard InChI is InChI=1S/C4H7BrN2/c1-3-6-7-4(2)5/h3,7H,2H2,1H3/b6-3-. The zero-order chi connectivity index (χ0) is 5.70. The molecule has 0 spiro atoms. The van der Waals surface area contributed by atoms with Crippen LogP contribution in [0, 0.1) is 0 Å². The summed E-state index contributed by atoms with van der Waals surface area (Å²) in [7, 11) is 0. The van der Waals surface area contributed by atoms with Gasteiger partial charge in [0.25, 0.3) is 0 Å². The second kappa shape index (κ2) is 3.87. The fourth-order valence-corrected chi connectivity index (χ4v) is 0.237. The van der Waals surface area contributed by atoms with Crippen molar-refractivity contribution in [1.29, 1.82) is 0 Å². The third-order valence-electron chi connectivity index (χ3n) is 0.315. The van der Waals surface area contributed by atoms with Crippen LogP contribution in [0.2, 0.25) is 0 Å². The largest absolute Gasteiger partial charge is 0.272 e. The molecule has 0 amide bonds. The maximum Gasteiger partial charge on any atom is 0.0916 e. The van der Waals surface area contributed by atoms with Crippen molar-refractivity contribution in [3.63, 3.8) is 0 Å². The van der Waals surface area contributed by atoms with Gasteiger partial charge in [-0.2, -0.15) is 5.10 Å². The minimum Gasteiger partial charge on any atom is -0.272 e. The van der Waals surface area contributed by atoms with E-state index in [9.17, 15) is 0 Å². The van der Waals surface area contributed by atoms with Gasteiger partial charge >= 0.3 is 0 Å². The zero-order valence-electron chi connectivity index (χ0n) is 4.11. The lowest BCUT2D eigenvalue weighted by Gasteiger charge is -1.88. The highest BCUT2D eigenvalue weighted by atomic mass is 79.9. The van der Waals surface area contributed by atoms with Crippen LogP contribution in [0.4, 0.5) is 0 Å². The Morgan fingerprint density at radius 2 is 2.57 bits per heavy atom. The maximum atomic E-state index is 3.65. The topological polar surface area (TPSA) is 24.4 Å². The van der Waals surface area contributed by atoms with Crippen molar-refractivity contribution in [2.45, 2.75) is 6.92 Å². The first-order valence-electron chi connectivity index (χ1n) is 1.85. The van der Waals surface area contributed by atoms with Gasteiger partial charge in [-0.1, -0.05) is 6.58 Å². The fraction of sp³-hybridized carbons (Fsp3) is 0.250. The van der Waals surface area contributed by atoms with Gasteiger partial charge in [0, 0.05) is 6.21 Å². The van der Waals surface area contributed by atoms with E-state index >= 15 is 0 Å². The second-order valence-corrected chi connectivity index (χ2v) is 1.86. The molecule has 0 unspecified atom stereocenters. The van der Waals surface area contributed by atoms with Gasteiger partial charge < -0.3 is 0 Å². The van der Waals surface area contributed by atoms with Crippen molar-refractivity contribution < 1.29 is 0 Å². The number of hydrazone groups is 1. The number of nitrogens with one attached hydrogen (secondary N) is 1. The van der Waals surface area contributed by atoms with E-state index in [2.05, 4.69) is 33.0 Å². The van der Waals surface area contributed by atoms with Crippen LogP contribution in [0.1, 0.15) is 6.92 Å². The van der Waals surface area contributed by atoms with Crippen LogP contribution >= 0.6 is 15.9 Å². The van der Waals surface area contributed by atoms with E-state index < -0.39 is 0 Å². The summed E-state index contributed by atoms with van der Waals surface area (Å²) in [4.78, 5) is 0. The van der Waals surface area contributed by atoms with Gasteiger partial charge in [0.2, 0.25) is 0 Å². The Hall–Kier alpha value is -0.310. The van der Waals surface area contributed by atoms with Gasteiger partial charge in [0.1, 0.15) is 0 Å². The first kappa shape index (κ1) is 6.69. The Labute approximate surface area is 51.4 Å². The highest BCUT2D eigenvalue weighted by Gasteiger charge is 1.72. The van der Waals surface area contributed by atoms with Crippen LogP contribution in [0.5, 0.6) is 0 Å². The Kier molecular flexibility index (Phi) is 3.69. The lowest BCUT2D eigenvalue weighted by Crippen LogP contribution is -1.95. The lowest BCUT2D eigenvalue weighted by molar-refractivity contribution is 0.965. The minimum absolute atomic E-state index is 0.672. The predicted octanol–water partition coefficient (Wildman–Crippen LogP) is 1.45. The molecule has 0 saturated heterocycles. The smallest absolute Gasteiger partial charge is 0.0916 e. The molecule has 0 radical (unpaired) electrons. The zero-order valence-corrected chi connectivity index (χ0v) is 5.70. The molecule has 1 N–H and O–H groups in total. The molecule has 0 aliphatic carbocycles. The number of hydrogen-bond acceptors (Lipinski definition) is 2. The first-order valence-corrected chi connectivity index (χ1v) is 2.64. The quantitative estimate of drug-likeness (QED) is 0.371. The summed E-state index contributed by atoms with van der Waals surface area (Å²) in [5, 5.41) is 3.65. The molecule has 0 aliphatic rings. The molecule has 0 saturated carbocycles. The predicted molar refractivity (Wildman–Crippen MR) is 35.4 cm³/mol.